The summed E-state index contributed by atoms with van der Waals surface area (Å²) in [5, 5.41) is 77.7. The highest BCUT2D eigenvalue weighted by Crippen LogP contribution is 2.38. The number of cyclic esters (lactones) is 1. The van der Waals surface area contributed by atoms with Crippen molar-refractivity contribution in [2.24, 2.45) is 11.8 Å². The number of amides is 1. The number of hydrogen-bond donors (Lipinski definition) is 8. The van der Waals surface area contributed by atoms with E-state index in [1.807, 2.05) is 13.0 Å². The number of carboxylic acid groups (broad SMARTS) is 1. The molecule has 2 saturated heterocycles. The largest absolute Gasteiger partial charge is 0.481 e. The van der Waals surface area contributed by atoms with Gasteiger partial charge in [0.2, 0.25) is 5.91 Å². The Morgan fingerprint density at radius 2 is 1.53 bits per heavy atom. The highest BCUT2D eigenvalue weighted by Gasteiger charge is 2.51. The first-order chi connectivity index (χ1) is 24.0. The number of hydrogen-bond acceptors (Lipinski definition) is 13. The average molecular weight is 724 g/mol. The molecular weight excluding hydrogens is 670 g/mol. The number of fused-ring (bicyclic) bond motifs is 2. The van der Waals surface area contributed by atoms with Crippen LogP contribution in [0.3, 0.4) is 0 Å². The normalized spacial score (nSPS) is 40.6. The molecule has 3 rings (SSSR count). The van der Waals surface area contributed by atoms with Gasteiger partial charge in [-0.3, -0.25) is 9.59 Å². The van der Waals surface area contributed by atoms with Crippen molar-refractivity contribution >= 4 is 17.8 Å². The van der Waals surface area contributed by atoms with Gasteiger partial charge in [-0.05, 0) is 26.7 Å². The molecule has 15 nitrogen and oxygen atoms in total. The van der Waals surface area contributed by atoms with E-state index in [9.17, 15) is 50.1 Å². The van der Waals surface area contributed by atoms with Gasteiger partial charge in [0.15, 0.2) is 12.1 Å². The van der Waals surface area contributed by atoms with Crippen molar-refractivity contribution in [3.63, 3.8) is 0 Å². The van der Waals surface area contributed by atoms with E-state index in [0.717, 1.165) is 0 Å². The van der Waals surface area contributed by atoms with Gasteiger partial charge in [-0.1, -0.05) is 61.6 Å². The summed E-state index contributed by atoms with van der Waals surface area (Å²) in [5.41, 5.74) is 0. The SMILES string of the molecule is CC(=O)NC1C(O)C(C)OC(OC2C=CC=CC=CC=CC(C)C(C)OC(=O)C=CCC(O)CC(O)CC3(O)CC(O)C(C(=O)O)C(C2)O3)C1O. The molecule has 8 N–H and O–H groups in total. The second-order valence-electron chi connectivity index (χ2n) is 13.5. The van der Waals surface area contributed by atoms with Crippen LogP contribution in [0, 0.1) is 11.8 Å². The van der Waals surface area contributed by atoms with Gasteiger partial charge < -0.3 is 60.0 Å². The highest BCUT2D eigenvalue weighted by atomic mass is 16.7. The molecule has 286 valence electrons. The molecule has 0 aromatic carbocycles. The van der Waals surface area contributed by atoms with Gasteiger partial charge in [0.25, 0.3) is 0 Å². The van der Waals surface area contributed by atoms with E-state index in [-0.39, 0.29) is 25.2 Å². The summed E-state index contributed by atoms with van der Waals surface area (Å²) in [6, 6.07) is -1.15. The Labute approximate surface area is 297 Å². The molecule has 1 amide bonds. The number of nitrogens with one attached hydrogen (secondary N) is 1. The minimum atomic E-state index is -2.21. The Morgan fingerprint density at radius 1 is 0.882 bits per heavy atom. The molecule has 2 fully saturated rings. The maximum Gasteiger partial charge on any atom is 0.330 e. The standard InChI is InChI=1S/C36H53NO14/c1-20-12-9-7-5-6-8-10-14-26(50-35-33(44)31(37-23(4)38)32(43)22(3)49-35)17-28-30(34(45)46)27(41)19-36(47,51-28)18-25(40)16-24(39)13-11-15-29(42)48-21(20)2/h5-12,14-15,20-22,24-28,30-33,35,39-41,43-44,47H,13,16-19H2,1-4H3,(H,37,38)(H,45,46). The molecular formula is C36H53NO14. The van der Waals surface area contributed by atoms with Crippen LogP contribution < -0.4 is 5.32 Å². The van der Waals surface area contributed by atoms with Crippen molar-refractivity contribution in [1.29, 1.82) is 0 Å². The molecule has 3 aliphatic heterocycles. The molecule has 15 heteroatoms. The molecule has 2 bridgehead atoms. The number of aliphatic carboxylic acids is 1. The van der Waals surface area contributed by atoms with Gasteiger partial charge in [0.05, 0.1) is 42.7 Å². The van der Waals surface area contributed by atoms with E-state index < -0.39 is 110 Å². The summed E-state index contributed by atoms with van der Waals surface area (Å²) in [7, 11) is 0. The predicted octanol–water partition coefficient (Wildman–Crippen LogP) is 0.527. The molecule has 0 radical (unpaired) electrons. The van der Waals surface area contributed by atoms with Gasteiger partial charge >= 0.3 is 11.9 Å². The molecule has 0 aromatic heterocycles. The third kappa shape index (κ3) is 13.0. The zero-order valence-corrected chi connectivity index (χ0v) is 29.3. The summed E-state index contributed by atoms with van der Waals surface area (Å²) < 4.78 is 23.1. The fourth-order valence-corrected chi connectivity index (χ4v) is 6.24. The number of rotatable bonds is 4. The second kappa shape index (κ2) is 19.5. The minimum Gasteiger partial charge on any atom is -0.481 e. The number of carbonyl (C=O) groups excluding carboxylic acids is 2. The Bertz CT molecular complexity index is 1310. The van der Waals surface area contributed by atoms with Crippen molar-refractivity contribution in [2.75, 3.05) is 0 Å². The van der Waals surface area contributed by atoms with E-state index in [1.54, 1.807) is 43.4 Å². The topological polar surface area (TPSA) is 242 Å². The predicted molar refractivity (Wildman–Crippen MR) is 181 cm³/mol. The monoisotopic (exact) mass is 723 g/mol. The van der Waals surface area contributed by atoms with Crippen LogP contribution >= 0.6 is 0 Å². The fourth-order valence-electron chi connectivity index (χ4n) is 6.24. The van der Waals surface area contributed by atoms with Crippen LogP contribution in [0.5, 0.6) is 0 Å². The Balaban J connectivity index is 1.95. The Hall–Kier alpha value is -3.25. The van der Waals surface area contributed by atoms with Crippen molar-refractivity contribution in [3.05, 3.63) is 60.8 Å². The van der Waals surface area contributed by atoms with Gasteiger partial charge in [-0.15, -0.1) is 0 Å². The average Bonchev–Trinajstić information content (AvgIpc) is 3.01. The van der Waals surface area contributed by atoms with Crippen LogP contribution in [0.25, 0.3) is 0 Å². The number of aliphatic hydroxyl groups excluding tert-OH is 5. The maximum atomic E-state index is 12.3. The van der Waals surface area contributed by atoms with E-state index >= 15 is 0 Å². The van der Waals surface area contributed by atoms with Crippen molar-refractivity contribution < 1.29 is 69.1 Å². The summed E-state index contributed by atoms with van der Waals surface area (Å²) >= 11 is 0. The first kappa shape index (κ1) is 42.2. The molecule has 3 heterocycles. The molecule has 14 unspecified atom stereocenters. The molecule has 0 saturated carbocycles. The van der Waals surface area contributed by atoms with Crippen molar-refractivity contribution in [2.45, 2.75) is 133 Å². The first-order valence-electron chi connectivity index (χ1n) is 17.2. The van der Waals surface area contributed by atoms with Crippen LogP contribution in [0.4, 0.5) is 0 Å². The minimum absolute atomic E-state index is 0.0151. The number of esters is 1. The van der Waals surface area contributed by atoms with Crippen molar-refractivity contribution in [3.8, 4) is 0 Å². The quantitative estimate of drug-likeness (QED) is 0.185. The number of aliphatic hydroxyl groups is 6. The van der Waals surface area contributed by atoms with E-state index in [2.05, 4.69) is 5.32 Å². The lowest BCUT2D eigenvalue weighted by Crippen LogP contribution is -2.64. The smallest absolute Gasteiger partial charge is 0.330 e. The van der Waals surface area contributed by atoms with Gasteiger partial charge in [0, 0.05) is 38.2 Å². The maximum absolute atomic E-state index is 12.3. The first-order valence-corrected chi connectivity index (χ1v) is 17.2. The number of carbonyl (C=O) groups is 3. The lowest BCUT2D eigenvalue weighted by molar-refractivity contribution is -0.308. The molecule has 0 aliphatic carbocycles. The molecule has 3 aliphatic rings. The summed E-state index contributed by atoms with van der Waals surface area (Å²) in [5.74, 6) is -6.38. The lowest BCUT2D eigenvalue weighted by atomic mass is 9.83. The number of ether oxygens (including phenoxy) is 4. The van der Waals surface area contributed by atoms with E-state index in [1.165, 1.54) is 32.1 Å². The van der Waals surface area contributed by atoms with Crippen LogP contribution in [0.2, 0.25) is 0 Å². The fraction of sp³-hybridized carbons (Fsp3) is 0.639. The number of allylic oxidation sites excluding steroid dienone is 6. The Kier molecular flexibility index (Phi) is 16.2. The van der Waals surface area contributed by atoms with Crippen LogP contribution in [-0.2, 0) is 33.3 Å². The van der Waals surface area contributed by atoms with Crippen LogP contribution in [-0.4, -0.2) is 127 Å². The number of carboxylic acids is 1. The third-order valence-corrected chi connectivity index (χ3v) is 9.09. The second-order valence-corrected chi connectivity index (χ2v) is 13.5. The highest BCUT2D eigenvalue weighted by molar-refractivity contribution is 5.82. The molecule has 14 atom stereocenters. The molecule has 0 aromatic rings. The van der Waals surface area contributed by atoms with Gasteiger partial charge in [-0.2, -0.15) is 0 Å². The van der Waals surface area contributed by atoms with Crippen LogP contribution in [0.1, 0.15) is 59.8 Å². The molecule has 0 spiro atoms. The Morgan fingerprint density at radius 3 is 2.18 bits per heavy atom. The van der Waals surface area contributed by atoms with E-state index in [4.69, 9.17) is 18.9 Å². The summed E-state index contributed by atoms with van der Waals surface area (Å²) in [6.07, 6.45) is 2.47. The van der Waals surface area contributed by atoms with E-state index in [0.29, 0.717) is 0 Å². The lowest BCUT2D eigenvalue weighted by Gasteiger charge is -2.45. The zero-order chi connectivity index (χ0) is 37.9. The van der Waals surface area contributed by atoms with Gasteiger partial charge in [-0.25, -0.2) is 4.79 Å². The third-order valence-electron chi connectivity index (χ3n) is 9.09. The summed E-state index contributed by atoms with van der Waals surface area (Å²) in [4.78, 5) is 36.4. The molecule has 51 heavy (non-hydrogen) atoms. The zero-order valence-electron chi connectivity index (χ0n) is 29.3. The van der Waals surface area contributed by atoms with Gasteiger partial charge in [0.1, 0.15) is 24.2 Å². The summed E-state index contributed by atoms with van der Waals surface area (Å²) in [6.45, 7) is 6.38. The van der Waals surface area contributed by atoms with Crippen LogP contribution in [0.15, 0.2) is 60.8 Å². The van der Waals surface area contributed by atoms with Crippen molar-refractivity contribution in [1.82, 2.24) is 5.32 Å².